The maximum Gasteiger partial charge on any atom is 0.410 e. The van der Waals surface area contributed by atoms with Gasteiger partial charge in [0, 0.05) is 32.2 Å². The van der Waals surface area contributed by atoms with Gasteiger partial charge >= 0.3 is 6.09 Å². The summed E-state index contributed by atoms with van der Waals surface area (Å²) in [6, 6.07) is 0.370. The van der Waals surface area contributed by atoms with Crippen LogP contribution in [0.3, 0.4) is 0 Å². The molecule has 0 bridgehead atoms. The van der Waals surface area contributed by atoms with Gasteiger partial charge < -0.3 is 9.64 Å². The molecule has 5 heteroatoms. The fourth-order valence-corrected chi connectivity index (χ4v) is 2.86. The molecule has 0 aromatic rings. The highest BCUT2D eigenvalue weighted by Crippen LogP contribution is 2.16. The molecule has 116 valence electrons. The third-order valence-electron chi connectivity index (χ3n) is 3.79. The van der Waals surface area contributed by atoms with Crippen molar-refractivity contribution in [3.05, 3.63) is 0 Å². The van der Waals surface area contributed by atoms with Crippen LogP contribution in [-0.2, 0) is 4.74 Å². The number of piperidine rings is 2. The maximum absolute atomic E-state index is 12.1. The number of hydrogen-bond donors (Lipinski definition) is 1. The van der Waals surface area contributed by atoms with Gasteiger partial charge in [-0.3, -0.25) is 5.43 Å². The van der Waals surface area contributed by atoms with E-state index < -0.39 is 5.60 Å². The largest absolute Gasteiger partial charge is 0.444 e. The first kappa shape index (κ1) is 15.6. The summed E-state index contributed by atoms with van der Waals surface area (Å²) < 4.78 is 5.46. The van der Waals surface area contributed by atoms with E-state index in [1.807, 2.05) is 25.7 Å². The van der Waals surface area contributed by atoms with Crippen LogP contribution in [0.1, 0.15) is 52.9 Å². The van der Waals surface area contributed by atoms with E-state index in [1.54, 1.807) is 0 Å². The minimum Gasteiger partial charge on any atom is -0.444 e. The zero-order valence-corrected chi connectivity index (χ0v) is 13.2. The molecule has 5 nitrogen and oxygen atoms in total. The second kappa shape index (κ2) is 6.76. The Labute approximate surface area is 122 Å². The maximum atomic E-state index is 12.1. The van der Waals surface area contributed by atoms with E-state index in [4.69, 9.17) is 4.74 Å². The first-order chi connectivity index (χ1) is 9.44. The number of rotatable bonds is 2. The average Bonchev–Trinajstić information content (AvgIpc) is 2.38. The van der Waals surface area contributed by atoms with Gasteiger partial charge in [-0.15, -0.1) is 0 Å². The molecule has 20 heavy (non-hydrogen) atoms. The standard InChI is InChI=1S/C15H29N3O2/c1-15(2,3)20-14(19)17-9-7-8-13(12-17)16-18-10-5-4-6-11-18/h13,16H,4-12H2,1-3H3. The first-order valence-corrected chi connectivity index (χ1v) is 7.93. The lowest BCUT2D eigenvalue weighted by Gasteiger charge is -2.38. The third-order valence-corrected chi connectivity index (χ3v) is 3.79. The van der Waals surface area contributed by atoms with Crippen molar-refractivity contribution < 1.29 is 9.53 Å². The van der Waals surface area contributed by atoms with Gasteiger partial charge in [-0.2, -0.15) is 0 Å². The van der Waals surface area contributed by atoms with Crippen molar-refractivity contribution in [1.29, 1.82) is 0 Å². The quantitative estimate of drug-likeness (QED) is 0.845. The van der Waals surface area contributed by atoms with Crippen LogP contribution in [0.25, 0.3) is 0 Å². The predicted octanol–water partition coefficient (Wildman–Crippen LogP) is 2.38. The van der Waals surface area contributed by atoms with E-state index in [2.05, 4.69) is 10.4 Å². The molecule has 0 radical (unpaired) electrons. The van der Waals surface area contributed by atoms with Gasteiger partial charge in [0.15, 0.2) is 0 Å². The number of carbonyl (C=O) groups excluding carboxylic acids is 1. The first-order valence-electron chi connectivity index (χ1n) is 7.93. The van der Waals surface area contributed by atoms with E-state index in [9.17, 15) is 4.79 Å². The van der Waals surface area contributed by atoms with Crippen LogP contribution in [0.4, 0.5) is 4.79 Å². The minimum atomic E-state index is -0.412. The fourth-order valence-electron chi connectivity index (χ4n) is 2.86. The number of carbonyl (C=O) groups is 1. The molecule has 1 atom stereocenters. The number of likely N-dealkylation sites (tertiary alicyclic amines) is 1. The second-order valence-electron chi connectivity index (χ2n) is 6.94. The Morgan fingerprint density at radius 1 is 1.10 bits per heavy atom. The van der Waals surface area contributed by atoms with Gasteiger partial charge in [-0.25, -0.2) is 9.80 Å². The molecule has 2 aliphatic rings. The van der Waals surface area contributed by atoms with Crippen LogP contribution in [-0.4, -0.2) is 53.8 Å². The molecule has 0 aliphatic carbocycles. The monoisotopic (exact) mass is 283 g/mol. The van der Waals surface area contributed by atoms with Crippen LogP contribution in [0, 0.1) is 0 Å². The molecule has 0 spiro atoms. The van der Waals surface area contributed by atoms with Gasteiger partial charge in [0.2, 0.25) is 0 Å². The van der Waals surface area contributed by atoms with E-state index in [-0.39, 0.29) is 6.09 Å². The van der Waals surface area contributed by atoms with Crippen molar-refractivity contribution >= 4 is 6.09 Å². The zero-order valence-electron chi connectivity index (χ0n) is 13.2. The summed E-state index contributed by atoms with van der Waals surface area (Å²) in [6.45, 7) is 9.57. The molecule has 2 aliphatic heterocycles. The van der Waals surface area contributed by atoms with Crippen molar-refractivity contribution in [1.82, 2.24) is 15.3 Å². The third kappa shape index (κ3) is 4.94. The van der Waals surface area contributed by atoms with Crippen LogP contribution < -0.4 is 5.43 Å². The predicted molar refractivity (Wildman–Crippen MR) is 79.4 cm³/mol. The molecule has 1 N–H and O–H groups in total. The SMILES string of the molecule is CC(C)(C)OC(=O)N1CCCC(NN2CCCCC2)C1. The molecule has 2 heterocycles. The van der Waals surface area contributed by atoms with Gasteiger partial charge in [-0.05, 0) is 46.5 Å². The molecule has 2 rings (SSSR count). The summed E-state index contributed by atoms with van der Waals surface area (Å²) in [5, 5.41) is 2.33. The van der Waals surface area contributed by atoms with Crippen LogP contribution in [0.2, 0.25) is 0 Å². The van der Waals surface area contributed by atoms with Crippen molar-refractivity contribution in [2.75, 3.05) is 26.2 Å². The van der Waals surface area contributed by atoms with E-state index in [0.29, 0.717) is 6.04 Å². The highest BCUT2D eigenvalue weighted by atomic mass is 16.6. The van der Waals surface area contributed by atoms with E-state index >= 15 is 0 Å². The van der Waals surface area contributed by atoms with Crippen molar-refractivity contribution in [2.24, 2.45) is 0 Å². The van der Waals surface area contributed by atoms with Gasteiger partial charge in [0.05, 0.1) is 0 Å². The molecule has 1 amide bonds. The lowest BCUT2D eigenvalue weighted by atomic mass is 10.1. The van der Waals surface area contributed by atoms with Crippen molar-refractivity contribution in [2.45, 2.75) is 64.5 Å². The summed E-state index contributed by atoms with van der Waals surface area (Å²) in [4.78, 5) is 14.0. The average molecular weight is 283 g/mol. The zero-order chi connectivity index (χ0) is 14.6. The second-order valence-corrected chi connectivity index (χ2v) is 6.94. The van der Waals surface area contributed by atoms with Crippen LogP contribution in [0.15, 0.2) is 0 Å². The fraction of sp³-hybridized carbons (Fsp3) is 0.933. The molecular weight excluding hydrogens is 254 g/mol. The van der Waals surface area contributed by atoms with Gasteiger partial charge in [-0.1, -0.05) is 6.42 Å². The summed E-state index contributed by atoms with van der Waals surface area (Å²) in [6.07, 6.45) is 5.89. The normalized spacial score (nSPS) is 25.6. The lowest BCUT2D eigenvalue weighted by Crippen LogP contribution is -2.55. The molecule has 0 aromatic carbocycles. The molecule has 0 saturated carbocycles. The highest BCUT2D eigenvalue weighted by molar-refractivity contribution is 5.68. The summed E-state index contributed by atoms with van der Waals surface area (Å²) in [7, 11) is 0. The summed E-state index contributed by atoms with van der Waals surface area (Å²) >= 11 is 0. The Kier molecular flexibility index (Phi) is 5.27. The number of nitrogens with zero attached hydrogens (tertiary/aromatic N) is 2. The van der Waals surface area contributed by atoms with Crippen molar-refractivity contribution in [3.63, 3.8) is 0 Å². The Hall–Kier alpha value is -0.810. The number of hydrazine groups is 1. The molecular formula is C15H29N3O2. The summed E-state index contributed by atoms with van der Waals surface area (Å²) in [5.74, 6) is 0. The lowest BCUT2D eigenvalue weighted by molar-refractivity contribution is 0.0131. The van der Waals surface area contributed by atoms with Gasteiger partial charge in [0.1, 0.15) is 5.60 Å². The summed E-state index contributed by atoms with van der Waals surface area (Å²) in [5.41, 5.74) is 3.18. The molecule has 2 fully saturated rings. The Morgan fingerprint density at radius 2 is 1.80 bits per heavy atom. The number of nitrogens with one attached hydrogen (secondary N) is 1. The molecule has 0 aromatic heterocycles. The van der Waals surface area contributed by atoms with Crippen molar-refractivity contribution in [3.8, 4) is 0 Å². The topological polar surface area (TPSA) is 44.8 Å². The molecule has 2 saturated heterocycles. The number of ether oxygens (including phenoxy) is 1. The van der Waals surface area contributed by atoms with Crippen LogP contribution in [0.5, 0.6) is 0 Å². The highest BCUT2D eigenvalue weighted by Gasteiger charge is 2.28. The van der Waals surface area contributed by atoms with Crippen LogP contribution >= 0.6 is 0 Å². The smallest absolute Gasteiger partial charge is 0.410 e. The number of amides is 1. The Balaban J connectivity index is 1.80. The molecule has 1 unspecified atom stereocenters. The van der Waals surface area contributed by atoms with Gasteiger partial charge in [0.25, 0.3) is 0 Å². The number of hydrogen-bond acceptors (Lipinski definition) is 4. The Morgan fingerprint density at radius 3 is 2.45 bits per heavy atom. The minimum absolute atomic E-state index is 0.178. The van der Waals surface area contributed by atoms with E-state index in [0.717, 1.165) is 39.0 Å². The van der Waals surface area contributed by atoms with E-state index in [1.165, 1.54) is 19.3 Å². The Bertz CT molecular complexity index is 322.